The molecule has 0 aliphatic carbocycles. The van der Waals surface area contributed by atoms with Gasteiger partial charge in [-0.25, -0.2) is 0 Å². The molecule has 1 atom stereocenters. The molecule has 1 aliphatic heterocycles. The number of aromatic amines is 1. The van der Waals surface area contributed by atoms with E-state index in [1.165, 1.54) is 0 Å². The molecular weight excluding hydrogens is 326 g/mol. The quantitative estimate of drug-likeness (QED) is 0.855. The highest BCUT2D eigenvalue weighted by Gasteiger charge is 2.29. The molecule has 1 saturated heterocycles. The third-order valence-corrected chi connectivity index (χ3v) is 5.35. The van der Waals surface area contributed by atoms with Crippen LogP contribution in [0.25, 0.3) is 0 Å². The Morgan fingerprint density at radius 1 is 1.27 bits per heavy atom. The zero-order chi connectivity index (χ0) is 18.8. The van der Waals surface area contributed by atoms with Crippen molar-refractivity contribution < 1.29 is 9.90 Å². The molecule has 0 spiro atoms. The molecule has 2 N–H and O–H groups in total. The number of rotatable bonds is 4. The van der Waals surface area contributed by atoms with Crippen molar-refractivity contribution in [1.82, 2.24) is 15.1 Å². The van der Waals surface area contributed by atoms with E-state index in [1.54, 1.807) is 6.20 Å². The van der Waals surface area contributed by atoms with Crippen LogP contribution in [-0.4, -0.2) is 39.2 Å². The SMILES string of the molecule is CC(C)c1cc(C(=O)N2CCCC(c3ccn[nH]3)C2)c(O)c(C(C)C)c1. The van der Waals surface area contributed by atoms with Crippen LogP contribution >= 0.6 is 0 Å². The summed E-state index contributed by atoms with van der Waals surface area (Å²) in [4.78, 5) is 15.1. The van der Waals surface area contributed by atoms with Gasteiger partial charge in [-0.1, -0.05) is 33.8 Å². The average Bonchev–Trinajstić information content (AvgIpc) is 3.15. The Morgan fingerprint density at radius 3 is 2.65 bits per heavy atom. The minimum Gasteiger partial charge on any atom is -0.507 e. The Kier molecular flexibility index (Phi) is 5.35. The summed E-state index contributed by atoms with van der Waals surface area (Å²) < 4.78 is 0. The van der Waals surface area contributed by atoms with E-state index in [1.807, 2.05) is 36.9 Å². The Hall–Kier alpha value is -2.30. The molecule has 1 aliphatic rings. The molecule has 26 heavy (non-hydrogen) atoms. The molecule has 2 heterocycles. The Balaban J connectivity index is 1.91. The first kappa shape index (κ1) is 18.5. The van der Waals surface area contributed by atoms with E-state index in [9.17, 15) is 9.90 Å². The van der Waals surface area contributed by atoms with Crippen LogP contribution in [0.3, 0.4) is 0 Å². The lowest BCUT2D eigenvalue weighted by Crippen LogP contribution is -2.39. The summed E-state index contributed by atoms with van der Waals surface area (Å²) in [6, 6.07) is 5.88. The van der Waals surface area contributed by atoms with E-state index in [0.29, 0.717) is 18.0 Å². The first-order valence-electron chi connectivity index (χ1n) is 9.53. The largest absolute Gasteiger partial charge is 0.507 e. The van der Waals surface area contributed by atoms with Crippen LogP contribution in [0, 0.1) is 0 Å². The van der Waals surface area contributed by atoms with Gasteiger partial charge in [-0.05, 0) is 47.9 Å². The number of nitrogens with one attached hydrogen (secondary N) is 1. The van der Waals surface area contributed by atoms with Crippen LogP contribution in [0.15, 0.2) is 24.4 Å². The Labute approximate surface area is 155 Å². The highest BCUT2D eigenvalue weighted by molar-refractivity contribution is 5.97. The molecule has 0 bridgehead atoms. The molecule has 140 valence electrons. The van der Waals surface area contributed by atoms with Crippen LogP contribution in [0.5, 0.6) is 5.75 Å². The second kappa shape index (κ2) is 7.52. The molecule has 5 heteroatoms. The molecule has 0 radical (unpaired) electrons. The second-order valence-electron chi connectivity index (χ2n) is 7.92. The summed E-state index contributed by atoms with van der Waals surface area (Å²) in [6.07, 6.45) is 3.75. The van der Waals surface area contributed by atoms with Gasteiger partial charge in [0.25, 0.3) is 5.91 Å². The highest BCUT2D eigenvalue weighted by atomic mass is 16.3. The number of carbonyl (C=O) groups excluding carboxylic acids is 1. The fraction of sp³-hybridized carbons (Fsp3) is 0.524. The van der Waals surface area contributed by atoms with Gasteiger partial charge in [0.15, 0.2) is 0 Å². The predicted molar refractivity (Wildman–Crippen MR) is 103 cm³/mol. The maximum absolute atomic E-state index is 13.2. The summed E-state index contributed by atoms with van der Waals surface area (Å²) in [7, 11) is 0. The maximum atomic E-state index is 13.2. The average molecular weight is 355 g/mol. The lowest BCUT2D eigenvalue weighted by atomic mass is 9.90. The number of aromatic hydroxyl groups is 1. The normalized spacial score (nSPS) is 17.9. The van der Waals surface area contributed by atoms with E-state index in [2.05, 4.69) is 24.0 Å². The van der Waals surface area contributed by atoms with Gasteiger partial charge in [-0.2, -0.15) is 5.10 Å². The third-order valence-electron chi connectivity index (χ3n) is 5.35. The molecule has 1 fully saturated rings. The lowest BCUT2D eigenvalue weighted by molar-refractivity contribution is 0.0702. The Morgan fingerprint density at radius 2 is 2.04 bits per heavy atom. The van der Waals surface area contributed by atoms with Crippen LogP contribution in [0.2, 0.25) is 0 Å². The number of hydrogen-bond donors (Lipinski definition) is 2. The molecule has 0 saturated carbocycles. The highest BCUT2D eigenvalue weighted by Crippen LogP contribution is 2.35. The van der Waals surface area contributed by atoms with E-state index in [4.69, 9.17) is 0 Å². The van der Waals surface area contributed by atoms with Gasteiger partial charge in [0.2, 0.25) is 0 Å². The van der Waals surface area contributed by atoms with Crippen LogP contribution in [0.1, 0.15) is 85.5 Å². The summed E-state index contributed by atoms with van der Waals surface area (Å²) in [5.74, 6) is 0.808. The zero-order valence-corrected chi connectivity index (χ0v) is 16.1. The molecule has 1 amide bonds. The molecule has 3 rings (SSSR count). The van der Waals surface area contributed by atoms with E-state index in [0.717, 1.165) is 36.2 Å². The fourth-order valence-electron chi connectivity index (χ4n) is 3.70. The van der Waals surface area contributed by atoms with Gasteiger partial charge in [-0.15, -0.1) is 0 Å². The van der Waals surface area contributed by atoms with Crippen molar-refractivity contribution >= 4 is 5.91 Å². The monoisotopic (exact) mass is 355 g/mol. The number of piperidine rings is 1. The van der Waals surface area contributed by atoms with E-state index in [-0.39, 0.29) is 23.5 Å². The van der Waals surface area contributed by atoms with Crippen molar-refractivity contribution in [2.75, 3.05) is 13.1 Å². The number of carbonyl (C=O) groups is 1. The number of amides is 1. The minimum atomic E-state index is -0.0730. The van der Waals surface area contributed by atoms with Crippen LogP contribution < -0.4 is 0 Å². The van der Waals surface area contributed by atoms with Crippen LogP contribution in [-0.2, 0) is 0 Å². The van der Waals surface area contributed by atoms with Crippen molar-refractivity contribution in [3.05, 3.63) is 46.8 Å². The van der Waals surface area contributed by atoms with Crippen molar-refractivity contribution in [1.29, 1.82) is 0 Å². The summed E-state index contributed by atoms with van der Waals surface area (Å²) >= 11 is 0. The second-order valence-corrected chi connectivity index (χ2v) is 7.92. The van der Waals surface area contributed by atoms with Crippen molar-refractivity contribution in [2.24, 2.45) is 0 Å². The number of likely N-dealkylation sites (tertiary alicyclic amines) is 1. The number of nitrogens with zero attached hydrogens (tertiary/aromatic N) is 2. The standard InChI is InChI=1S/C21H29N3O2/c1-13(2)16-10-17(14(3)4)20(25)18(11-16)21(26)24-9-5-6-15(12-24)19-7-8-22-23-19/h7-8,10-11,13-15,25H,5-6,9,12H2,1-4H3,(H,22,23). The molecule has 5 nitrogen and oxygen atoms in total. The fourth-order valence-corrected chi connectivity index (χ4v) is 3.70. The smallest absolute Gasteiger partial charge is 0.257 e. The molecule has 1 aromatic carbocycles. The minimum absolute atomic E-state index is 0.0730. The zero-order valence-electron chi connectivity index (χ0n) is 16.1. The predicted octanol–water partition coefficient (Wildman–Crippen LogP) is 4.38. The number of benzene rings is 1. The first-order valence-corrected chi connectivity index (χ1v) is 9.53. The number of phenols is 1. The van der Waals surface area contributed by atoms with Gasteiger partial charge >= 0.3 is 0 Å². The topological polar surface area (TPSA) is 69.2 Å². The van der Waals surface area contributed by atoms with Crippen molar-refractivity contribution in [2.45, 2.75) is 58.3 Å². The van der Waals surface area contributed by atoms with Gasteiger partial charge in [0, 0.05) is 30.9 Å². The maximum Gasteiger partial charge on any atom is 0.257 e. The lowest BCUT2D eigenvalue weighted by Gasteiger charge is -2.33. The number of H-pyrrole nitrogens is 1. The molecular formula is C21H29N3O2. The number of hydrogen-bond acceptors (Lipinski definition) is 3. The third kappa shape index (κ3) is 3.62. The molecule has 2 aromatic rings. The van der Waals surface area contributed by atoms with Crippen molar-refractivity contribution in [3.8, 4) is 5.75 Å². The first-order chi connectivity index (χ1) is 12.4. The molecule has 1 aromatic heterocycles. The van der Waals surface area contributed by atoms with Gasteiger partial charge in [-0.3, -0.25) is 9.89 Å². The summed E-state index contributed by atoms with van der Waals surface area (Å²) in [5, 5.41) is 17.8. The van der Waals surface area contributed by atoms with Gasteiger partial charge < -0.3 is 10.0 Å². The Bertz CT molecular complexity index is 766. The summed E-state index contributed by atoms with van der Waals surface area (Å²) in [6.45, 7) is 9.69. The number of aromatic nitrogens is 2. The van der Waals surface area contributed by atoms with Crippen molar-refractivity contribution in [3.63, 3.8) is 0 Å². The van der Waals surface area contributed by atoms with E-state index < -0.39 is 0 Å². The van der Waals surface area contributed by atoms with Gasteiger partial charge in [0.1, 0.15) is 5.75 Å². The van der Waals surface area contributed by atoms with E-state index >= 15 is 0 Å². The van der Waals surface area contributed by atoms with Crippen LogP contribution in [0.4, 0.5) is 0 Å². The summed E-state index contributed by atoms with van der Waals surface area (Å²) in [5.41, 5.74) is 3.45. The van der Waals surface area contributed by atoms with Gasteiger partial charge in [0.05, 0.1) is 5.56 Å². The number of phenolic OH excluding ortho intramolecular Hbond substituents is 1. The molecule has 1 unspecified atom stereocenters.